The summed E-state index contributed by atoms with van der Waals surface area (Å²) in [6, 6.07) is 5.66. The lowest BCUT2D eigenvalue weighted by atomic mass is 10.2. The zero-order chi connectivity index (χ0) is 13.8. The average Bonchev–Trinajstić information content (AvgIpc) is 3.23. The molecule has 1 aliphatic rings. The summed E-state index contributed by atoms with van der Waals surface area (Å²) in [6.07, 6.45) is 2.38. The highest BCUT2D eigenvalue weighted by molar-refractivity contribution is 5.93. The van der Waals surface area contributed by atoms with Crippen molar-refractivity contribution in [3.05, 3.63) is 29.6 Å². The van der Waals surface area contributed by atoms with Crippen LogP contribution in [-0.2, 0) is 0 Å². The minimum atomic E-state index is -0.0862. The highest BCUT2D eigenvalue weighted by atomic mass is 16.4. The van der Waals surface area contributed by atoms with Crippen LogP contribution in [0.4, 0.5) is 0 Å². The standard InChI is InChI=1S/C13H18N4O2/c1-9-3-2-4-11(15-9)13(18)17(10-5-6-10)8-7-12(14)16-19/h2-4,10,19H,5-8H2,1H3,(H2,14,16). The van der Waals surface area contributed by atoms with Crippen LogP contribution in [0.15, 0.2) is 23.4 Å². The summed E-state index contributed by atoms with van der Waals surface area (Å²) in [4.78, 5) is 18.4. The Kier molecular flexibility index (Phi) is 3.99. The summed E-state index contributed by atoms with van der Waals surface area (Å²) in [5.74, 6) is 0.0487. The monoisotopic (exact) mass is 262 g/mol. The van der Waals surface area contributed by atoms with Crippen LogP contribution >= 0.6 is 0 Å². The SMILES string of the molecule is Cc1cccc(C(=O)N(CCC(N)=NO)C2CC2)n1. The van der Waals surface area contributed by atoms with Crippen LogP contribution in [0.1, 0.15) is 35.4 Å². The third-order valence-electron chi connectivity index (χ3n) is 3.09. The van der Waals surface area contributed by atoms with E-state index in [1.807, 2.05) is 19.1 Å². The molecule has 0 aromatic carbocycles. The lowest BCUT2D eigenvalue weighted by Crippen LogP contribution is -2.36. The van der Waals surface area contributed by atoms with E-state index >= 15 is 0 Å². The number of aryl methyl sites for hydroxylation is 1. The molecule has 0 spiro atoms. The van der Waals surface area contributed by atoms with Crippen LogP contribution in [0.25, 0.3) is 0 Å². The Bertz CT molecular complexity index is 497. The fourth-order valence-corrected chi connectivity index (χ4v) is 1.93. The van der Waals surface area contributed by atoms with Gasteiger partial charge in [0.1, 0.15) is 11.5 Å². The second-order valence-electron chi connectivity index (χ2n) is 4.74. The molecule has 102 valence electrons. The summed E-state index contributed by atoms with van der Waals surface area (Å²) < 4.78 is 0. The van der Waals surface area contributed by atoms with Crippen LogP contribution in [0, 0.1) is 6.92 Å². The quantitative estimate of drug-likeness (QED) is 0.360. The average molecular weight is 262 g/mol. The number of amides is 1. The molecule has 6 heteroatoms. The molecule has 0 atom stereocenters. The van der Waals surface area contributed by atoms with Gasteiger partial charge >= 0.3 is 0 Å². The molecule has 1 amide bonds. The largest absolute Gasteiger partial charge is 0.409 e. The summed E-state index contributed by atoms with van der Waals surface area (Å²) in [6.45, 7) is 2.31. The van der Waals surface area contributed by atoms with Gasteiger partial charge in [0, 0.05) is 24.7 Å². The fourth-order valence-electron chi connectivity index (χ4n) is 1.93. The van der Waals surface area contributed by atoms with Crippen molar-refractivity contribution in [3.8, 4) is 0 Å². The molecule has 3 N–H and O–H groups in total. The number of pyridine rings is 1. The first-order valence-corrected chi connectivity index (χ1v) is 6.33. The van der Waals surface area contributed by atoms with E-state index in [-0.39, 0.29) is 17.8 Å². The number of carbonyl (C=O) groups is 1. The third-order valence-corrected chi connectivity index (χ3v) is 3.09. The molecule has 1 aliphatic carbocycles. The fraction of sp³-hybridized carbons (Fsp3) is 0.462. The van der Waals surface area contributed by atoms with Gasteiger partial charge in [0.05, 0.1) is 0 Å². The van der Waals surface area contributed by atoms with Crippen LogP contribution in [0.5, 0.6) is 0 Å². The van der Waals surface area contributed by atoms with Gasteiger partial charge in [0.15, 0.2) is 0 Å². The number of rotatable bonds is 5. The van der Waals surface area contributed by atoms with E-state index in [1.165, 1.54) is 0 Å². The van der Waals surface area contributed by atoms with Gasteiger partial charge in [-0.3, -0.25) is 4.79 Å². The lowest BCUT2D eigenvalue weighted by molar-refractivity contribution is 0.0741. The van der Waals surface area contributed by atoms with E-state index in [1.54, 1.807) is 11.0 Å². The summed E-state index contributed by atoms with van der Waals surface area (Å²) in [5.41, 5.74) is 6.72. The molecule has 1 fully saturated rings. The van der Waals surface area contributed by atoms with Crippen LogP contribution < -0.4 is 5.73 Å². The predicted octanol–water partition coefficient (Wildman–Crippen LogP) is 1.13. The van der Waals surface area contributed by atoms with Gasteiger partial charge in [-0.25, -0.2) is 4.98 Å². The van der Waals surface area contributed by atoms with Gasteiger partial charge in [-0.15, -0.1) is 0 Å². The molecular weight excluding hydrogens is 244 g/mol. The molecule has 0 radical (unpaired) electrons. The zero-order valence-corrected chi connectivity index (χ0v) is 10.9. The Labute approximate surface area is 111 Å². The number of nitrogens with two attached hydrogens (primary N) is 1. The molecule has 2 rings (SSSR count). The maximum Gasteiger partial charge on any atom is 0.272 e. The smallest absolute Gasteiger partial charge is 0.272 e. The Morgan fingerprint density at radius 3 is 2.89 bits per heavy atom. The first-order chi connectivity index (χ1) is 9.11. The van der Waals surface area contributed by atoms with Gasteiger partial charge in [-0.2, -0.15) is 0 Å². The number of hydrogen-bond donors (Lipinski definition) is 2. The Morgan fingerprint density at radius 1 is 1.58 bits per heavy atom. The van der Waals surface area contributed by atoms with Crippen molar-refractivity contribution < 1.29 is 10.0 Å². The van der Waals surface area contributed by atoms with E-state index in [4.69, 9.17) is 10.9 Å². The Morgan fingerprint density at radius 2 is 2.32 bits per heavy atom. The first-order valence-electron chi connectivity index (χ1n) is 6.33. The molecule has 0 saturated heterocycles. The van der Waals surface area contributed by atoms with E-state index in [0.29, 0.717) is 18.7 Å². The number of hydrogen-bond acceptors (Lipinski definition) is 4. The summed E-state index contributed by atoms with van der Waals surface area (Å²) in [7, 11) is 0. The van der Waals surface area contributed by atoms with Crippen molar-refractivity contribution in [2.75, 3.05) is 6.54 Å². The number of nitrogens with zero attached hydrogens (tertiary/aromatic N) is 3. The van der Waals surface area contributed by atoms with Gasteiger partial charge in [-0.05, 0) is 31.9 Å². The van der Waals surface area contributed by atoms with Crippen molar-refractivity contribution >= 4 is 11.7 Å². The summed E-state index contributed by atoms with van der Waals surface area (Å²) >= 11 is 0. The molecule has 1 heterocycles. The number of aromatic nitrogens is 1. The minimum Gasteiger partial charge on any atom is -0.409 e. The van der Waals surface area contributed by atoms with Crippen LogP contribution in [-0.4, -0.2) is 39.4 Å². The van der Waals surface area contributed by atoms with Gasteiger partial charge in [-0.1, -0.05) is 11.2 Å². The van der Waals surface area contributed by atoms with Crippen molar-refractivity contribution in [1.29, 1.82) is 0 Å². The maximum absolute atomic E-state index is 12.4. The highest BCUT2D eigenvalue weighted by Gasteiger charge is 2.33. The second-order valence-corrected chi connectivity index (χ2v) is 4.74. The molecule has 1 saturated carbocycles. The molecular formula is C13H18N4O2. The lowest BCUT2D eigenvalue weighted by Gasteiger charge is -2.21. The molecule has 0 aliphatic heterocycles. The van der Waals surface area contributed by atoms with Crippen molar-refractivity contribution in [2.45, 2.75) is 32.2 Å². The van der Waals surface area contributed by atoms with Crippen LogP contribution in [0.3, 0.4) is 0 Å². The second kappa shape index (κ2) is 5.69. The normalized spacial score (nSPS) is 15.3. The van der Waals surface area contributed by atoms with E-state index < -0.39 is 0 Å². The molecule has 0 bridgehead atoms. The van der Waals surface area contributed by atoms with E-state index in [0.717, 1.165) is 18.5 Å². The minimum absolute atomic E-state index is 0.0862. The van der Waals surface area contributed by atoms with E-state index in [9.17, 15) is 4.79 Å². The number of oxime groups is 1. The van der Waals surface area contributed by atoms with Gasteiger partial charge in [0.25, 0.3) is 5.91 Å². The van der Waals surface area contributed by atoms with Crippen molar-refractivity contribution in [3.63, 3.8) is 0 Å². The Balaban J connectivity index is 2.08. The molecule has 19 heavy (non-hydrogen) atoms. The molecule has 1 aromatic heterocycles. The van der Waals surface area contributed by atoms with Crippen LogP contribution in [0.2, 0.25) is 0 Å². The number of amidine groups is 1. The molecule has 1 aromatic rings. The molecule has 6 nitrogen and oxygen atoms in total. The highest BCUT2D eigenvalue weighted by Crippen LogP contribution is 2.28. The zero-order valence-electron chi connectivity index (χ0n) is 10.9. The summed E-state index contributed by atoms with van der Waals surface area (Å²) in [5, 5.41) is 11.5. The Hall–Kier alpha value is -2.11. The maximum atomic E-state index is 12.4. The third kappa shape index (κ3) is 3.43. The number of carbonyl (C=O) groups excluding carboxylic acids is 1. The first kappa shape index (κ1) is 13.3. The molecule has 0 unspecified atom stereocenters. The van der Waals surface area contributed by atoms with Gasteiger partial charge in [0.2, 0.25) is 0 Å². The topological polar surface area (TPSA) is 91.8 Å². The van der Waals surface area contributed by atoms with Crippen molar-refractivity contribution in [1.82, 2.24) is 9.88 Å². The van der Waals surface area contributed by atoms with E-state index in [2.05, 4.69) is 10.1 Å². The predicted molar refractivity (Wildman–Crippen MR) is 71.1 cm³/mol. The van der Waals surface area contributed by atoms with Gasteiger partial charge < -0.3 is 15.8 Å². The van der Waals surface area contributed by atoms with Crippen molar-refractivity contribution in [2.24, 2.45) is 10.9 Å².